The molecule has 0 unspecified atom stereocenters. The molecule has 1 spiro atoms. The number of hydrogen-bond acceptors (Lipinski definition) is 5. The zero-order valence-corrected chi connectivity index (χ0v) is 20.6. The SMILES string of the molecule is Cc1cc(C(=O)COC(=O)CN2C(=O)N[C@@]3(CCCC[C@@H]3C)C2=O)c(C)n1CCc1ccccc1. The van der Waals surface area contributed by atoms with Gasteiger partial charge in [-0.3, -0.25) is 19.3 Å². The van der Waals surface area contributed by atoms with Crippen LogP contribution in [-0.2, 0) is 27.3 Å². The fourth-order valence-electron chi connectivity index (χ4n) is 5.35. The molecule has 2 atom stereocenters. The minimum absolute atomic E-state index is 0.00689. The third kappa shape index (κ3) is 4.88. The molecule has 35 heavy (non-hydrogen) atoms. The van der Waals surface area contributed by atoms with Gasteiger partial charge in [-0.25, -0.2) is 4.79 Å². The molecule has 1 aliphatic heterocycles. The summed E-state index contributed by atoms with van der Waals surface area (Å²) in [6.45, 7) is 5.58. The third-order valence-corrected chi connectivity index (χ3v) is 7.49. The molecule has 186 valence electrons. The predicted molar refractivity (Wildman–Crippen MR) is 130 cm³/mol. The van der Waals surface area contributed by atoms with Gasteiger partial charge in [-0.2, -0.15) is 0 Å². The van der Waals surface area contributed by atoms with Crippen molar-refractivity contribution < 1.29 is 23.9 Å². The number of amides is 3. The standard InChI is InChI=1S/C27H33N3O5/c1-18-9-7-8-13-27(18)25(33)30(26(34)28-27)16-24(32)35-17-23(31)22-15-19(2)29(20(22)3)14-12-21-10-5-4-6-11-21/h4-6,10-11,15,18H,7-9,12-14,16-17H2,1-3H3,(H,28,34)/t18-,27+/m0/s1. The topological polar surface area (TPSA) is 97.7 Å². The second-order valence-electron chi connectivity index (χ2n) is 9.70. The normalized spacial score (nSPS) is 21.9. The van der Waals surface area contributed by atoms with Gasteiger partial charge in [-0.15, -0.1) is 0 Å². The summed E-state index contributed by atoms with van der Waals surface area (Å²) < 4.78 is 7.26. The summed E-state index contributed by atoms with van der Waals surface area (Å²) in [5, 5.41) is 2.82. The Morgan fingerprint density at radius 1 is 1.14 bits per heavy atom. The van der Waals surface area contributed by atoms with Crippen LogP contribution < -0.4 is 5.32 Å². The van der Waals surface area contributed by atoms with E-state index in [9.17, 15) is 19.2 Å². The largest absolute Gasteiger partial charge is 0.456 e. The Balaban J connectivity index is 1.33. The molecule has 1 aromatic heterocycles. The third-order valence-electron chi connectivity index (χ3n) is 7.49. The molecule has 0 bridgehead atoms. The first-order valence-electron chi connectivity index (χ1n) is 12.3. The average Bonchev–Trinajstić information content (AvgIpc) is 3.26. The number of aromatic nitrogens is 1. The maximum Gasteiger partial charge on any atom is 0.326 e. The molecular formula is C27H33N3O5. The van der Waals surface area contributed by atoms with E-state index in [0.29, 0.717) is 12.0 Å². The molecule has 3 amide bonds. The Hall–Kier alpha value is -3.42. The molecule has 2 aromatic rings. The number of nitrogens with zero attached hydrogens (tertiary/aromatic N) is 2. The van der Waals surface area contributed by atoms with E-state index in [0.717, 1.165) is 48.5 Å². The number of hydrogen-bond donors (Lipinski definition) is 1. The fourth-order valence-corrected chi connectivity index (χ4v) is 5.35. The van der Waals surface area contributed by atoms with Crippen LogP contribution in [-0.4, -0.2) is 51.8 Å². The van der Waals surface area contributed by atoms with Crippen molar-refractivity contribution in [1.82, 2.24) is 14.8 Å². The summed E-state index contributed by atoms with van der Waals surface area (Å²) in [4.78, 5) is 51.6. The van der Waals surface area contributed by atoms with Gasteiger partial charge in [-0.05, 0) is 50.7 Å². The molecule has 1 aliphatic carbocycles. The van der Waals surface area contributed by atoms with Gasteiger partial charge in [0.1, 0.15) is 12.1 Å². The Bertz CT molecular complexity index is 1140. The van der Waals surface area contributed by atoms with Crippen molar-refractivity contribution >= 4 is 23.7 Å². The van der Waals surface area contributed by atoms with E-state index in [2.05, 4.69) is 22.0 Å². The molecule has 0 radical (unpaired) electrons. The van der Waals surface area contributed by atoms with Crippen molar-refractivity contribution in [2.75, 3.05) is 13.2 Å². The molecule has 2 fully saturated rings. The highest BCUT2D eigenvalue weighted by Crippen LogP contribution is 2.38. The number of carbonyl (C=O) groups excluding carboxylic acids is 4. The summed E-state index contributed by atoms with van der Waals surface area (Å²) in [6.07, 6.45) is 4.13. The number of urea groups is 1. The van der Waals surface area contributed by atoms with Crippen LogP contribution in [0, 0.1) is 19.8 Å². The number of rotatable bonds is 8. The fraction of sp³-hybridized carbons (Fsp3) is 0.481. The summed E-state index contributed by atoms with van der Waals surface area (Å²) in [6, 6.07) is 11.4. The van der Waals surface area contributed by atoms with Crippen LogP contribution >= 0.6 is 0 Å². The molecule has 4 rings (SSSR count). The number of carbonyl (C=O) groups is 4. The van der Waals surface area contributed by atoms with E-state index in [1.54, 1.807) is 0 Å². The first-order chi connectivity index (χ1) is 16.7. The highest BCUT2D eigenvalue weighted by atomic mass is 16.5. The molecule has 1 saturated heterocycles. The lowest BCUT2D eigenvalue weighted by molar-refractivity contribution is -0.147. The molecule has 2 heterocycles. The lowest BCUT2D eigenvalue weighted by atomic mass is 9.73. The van der Waals surface area contributed by atoms with E-state index >= 15 is 0 Å². The number of aryl methyl sites for hydroxylation is 2. The number of imide groups is 1. The van der Waals surface area contributed by atoms with E-state index in [1.165, 1.54) is 5.56 Å². The summed E-state index contributed by atoms with van der Waals surface area (Å²) in [7, 11) is 0. The Kier molecular flexibility index (Phi) is 7.10. The van der Waals surface area contributed by atoms with Gasteiger partial charge in [0.2, 0.25) is 5.78 Å². The lowest BCUT2D eigenvalue weighted by Crippen LogP contribution is -2.54. The smallest absolute Gasteiger partial charge is 0.326 e. The van der Waals surface area contributed by atoms with Crippen molar-refractivity contribution in [3.63, 3.8) is 0 Å². The molecule has 1 aromatic carbocycles. The number of ketones is 1. The predicted octanol–water partition coefficient (Wildman–Crippen LogP) is 3.57. The van der Waals surface area contributed by atoms with Crippen LogP contribution in [0.3, 0.4) is 0 Å². The molecular weight excluding hydrogens is 446 g/mol. The molecule has 2 aliphatic rings. The quantitative estimate of drug-likeness (QED) is 0.355. The lowest BCUT2D eigenvalue weighted by Gasteiger charge is -2.36. The van der Waals surface area contributed by atoms with Gasteiger partial charge in [0.15, 0.2) is 6.61 Å². The van der Waals surface area contributed by atoms with Crippen LogP contribution in [0.25, 0.3) is 0 Å². The van der Waals surface area contributed by atoms with E-state index < -0.39 is 30.7 Å². The van der Waals surface area contributed by atoms with Crippen LogP contribution in [0.4, 0.5) is 4.79 Å². The van der Waals surface area contributed by atoms with E-state index in [-0.39, 0.29) is 17.6 Å². The summed E-state index contributed by atoms with van der Waals surface area (Å²) >= 11 is 0. The molecule has 1 saturated carbocycles. The minimum Gasteiger partial charge on any atom is -0.456 e. The van der Waals surface area contributed by atoms with Gasteiger partial charge < -0.3 is 14.6 Å². The number of esters is 1. The summed E-state index contributed by atoms with van der Waals surface area (Å²) in [5.74, 6) is -1.46. The zero-order valence-electron chi connectivity index (χ0n) is 20.6. The van der Waals surface area contributed by atoms with Gasteiger partial charge in [0.05, 0.1) is 0 Å². The highest BCUT2D eigenvalue weighted by molar-refractivity contribution is 6.09. The number of benzene rings is 1. The zero-order chi connectivity index (χ0) is 25.2. The second-order valence-corrected chi connectivity index (χ2v) is 9.70. The van der Waals surface area contributed by atoms with E-state index in [1.807, 2.05) is 45.0 Å². The number of Topliss-reactive ketones (excluding diaryl/α,β-unsaturated/α-hetero) is 1. The maximum absolute atomic E-state index is 13.0. The highest BCUT2D eigenvalue weighted by Gasteiger charge is 2.55. The monoisotopic (exact) mass is 479 g/mol. The molecule has 8 nitrogen and oxygen atoms in total. The molecule has 1 N–H and O–H groups in total. The van der Waals surface area contributed by atoms with Gasteiger partial charge in [0, 0.05) is 23.5 Å². The van der Waals surface area contributed by atoms with E-state index in [4.69, 9.17) is 4.74 Å². The Morgan fingerprint density at radius 3 is 2.60 bits per heavy atom. The Morgan fingerprint density at radius 2 is 1.89 bits per heavy atom. The van der Waals surface area contributed by atoms with Crippen molar-refractivity contribution in [2.45, 2.75) is 65.0 Å². The minimum atomic E-state index is -0.928. The van der Waals surface area contributed by atoms with Crippen molar-refractivity contribution in [1.29, 1.82) is 0 Å². The van der Waals surface area contributed by atoms with Gasteiger partial charge in [-0.1, -0.05) is 50.1 Å². The first kappa shape index (κ1) is 24.7. The van der Waals surface area contributed by atoms with Crippen LogP contribution in [0.2, 0.25) is 0 Å². The molecule has 8 heteroatoms. The summed E-state index contributed by atoms with van der Waals surface area (Å²) in [5.41, 5.74) is 2.57. The maximum atomic E-state index is 13.0. The van der Waals surface area contributed by atoms with Crippen LogP contribution in [0.1, 0.15) is 59.9 Å². The van der Waals surface area contributed by atoms with Gasteiger partial charge in [0.25, 0.3) is 5.91 Å². The number of ether oxygens (including phenoxy) is 1. The first-order valence-corrected chi connectivity index (χ1v) is 12.3. The van der Waals surface area contributed by atoms with Crippen LogP contribution in [0.5, 0.6) is 0 Å². The van der Waals surface area contributed by atoms with Crippen molar-refractivity contribution in [3.05, 3.63) is 58.9 Å². The van der Waals surface area contributed by atoms with Crippen molar-refractivity contribution in [3.8, 4) is 0 Å². The second kappa shape index (κ2) is 10.1. The van der Waals surface area contributed by atoms with Crippen molar-refractivity contribution in [2.24, 2.45) is 5.92 Å². The Labute approximate surface area is 205 Å². The average molecular weight is 480 g/mol. The number of nitrogens with one attached hydrogen (secondary N) is 1. The van der Waals surface area contributed by atoms with Gasteiger partial charge >= 0.3 is 12.0 Å². The van der Waals surface area contributed by atoms with Crippen LogP contribution in [0.15, 0.2) is 36.4 Å².